The van der Waals surface area contributed by atoms with Crippen LogP contribution in [0.25, 0.3) is 10.9 Å². The predicted molar refractivity (Wildman–Crippen MR) is 57.2 cm³/mol. The molecule has 0 bridgehead atoms. The zero-order valence-electron chi connectivity index (χ0n) is 8.03. The van der Waals surface area contributed by atoms with E-state index in [-0.39, 0.29) is 0 Å². The molecule has 1 aromatic carbocycles. The first-order valence-electron chi connectivity index (χ1n) is 4.44. The second kappa shape index (κ2) is 3.50. The summed E-state index contributed by atoms with van der Waals surface area (Å²) in [5, 5.41) is 1.01. The van der Waals surface area contributed by atoms with E-state index in [0.717, 1.165) is 16.7 Å². The summed E-state index contributed by atoms with van der Waals surface area (Å²) in [6.07, 6.45) is 1.74. The minimum absolute atomic E-state index is 0.682. The minimum Gasteiger partial charge on any atom is -0.462 e. The van der Waals surface area contributed by atoms with Crippen LogP contribution in [0.15, 0.2) is 48.9 Å². The van der Waals surface area contributed by atoms with Gasteiger partial charge in [0.2, 0.25) is 0 Å². The predicted octanol–water partition coefficient (Wildman–Crippen LogP) is 3.15. The number of rotatable bonds is 2. The number of nitrogens with zero attached hydrogens (tertiary/aromatic N) is 1. The van der Waals surface area contributed by atoms with Crippen LogP contribution in [0.5, 0.6) is 5.75 Å². The molecular weight excluding hydrogens is 174 g/mol. The molecule has 2 aromatic rings. The summed E-state index contributed by atoms with van der Waals surface area (Å²) in [6.45, 7) is 5.54. The number of para-hydroxylation sites is 1. The van der Waals surface area contributed by atoms with Crippen molar-refractivity contribution >= 4 is 10.9 Å². The first-order valence-corrected chi connectivity index (χ1v) is 4.44. The van der Waals surface area contributed by atoms with Crippen LogP contribution in [0.2, 0.25) is 0 Å². The zero-order valence-corrected chi connectivity index (χ0v) is 8.03. The van der Waals surface area contributed by atoms with Gasteiger partial charge in [0.05, 0.1) is 11.3 Å². The number of ether oxygens (including phenoxy) is 1. The lowest BCUT2D eigenvalue weighted by atomic mass is 10.2. The summed E-state index contributed by atoms with van der Waals surface area (Å²) >= 11 is 0. The monoisotopic (exact) mass is 185 g/mol. The smallest absolute Gasteiger partial charge is 0.137 e. The third kappa shape index (κ3) is 1.59. The number of fused-ring (bicyclic) bond motifs is 1. The quantitative estimate of drug-likeness (QED) is 0.670. The fraction of sp³-hybridized carbons (Fsp3) is 0.0833. The van der Waals surface area contributed by atoms with E-state index in [2.05, 4.69) is 11.6 Å². The third-order valence-electron chi connectivity index (χ3n) is 1.89. The second-order valence-electron chi connectivity index (χ2n) is 3.13. The largest absolute Gasteiger partial charge is 0.462 e. The standard InChI is InChI=1S/C12H11NO/c1-9(2)14-12-7-8-13-11-6-4-3-5-10(11)12/h3-8H,1H2,2H3. The SMILES string of the molecule is C=C(C)Oc1ccnc2ccccc12. The van der Waals surface area contributed by atoms with Crippen molar-refractivity contribution in [1.29, 1.82) is 0 Å². The highest BCUT2D eigenvalue weighted by molar-refractivity contribution is 5.84. The van der Waals surface area contributed by atoms with Crippen LogP contribution in [0.1, 0.15) is 6.92 Å². The lowest BCUT2D eigenvalue weighted by Crippen LogP contribution is -1.90. The molecule has 0 aliphatic rings. The van der Waals surface area contributed by atoms with Gasteiger partial charge in [-0.1, -0.05) is 18.7 Å². The van der Waals surface area contributed by atoms with Gasteiger partial charge in [0.1, 0.15) is 5.75 Å². The van der Waals surface area contributed by atoms with Crippen LogP contribution in [0.4, 0.5) is 0 Å². The highest BCUT2D eigenvalue weighted by Gasteiger charge is 2.01. The van der Waals surface area contributed by atoms with E-state index in [4.69, 9.17) is 4.74 Å². The van der Waals surface area contributed by atoms with Crippen molar-refractivity contribution < 1.29 is 4.74 Å². The molecule has 0 spiro atoms. The second-order valence-corrected chi connectivity index (χ2v) is 3.13. The Labute approximate surface area is 82.9 Å². The van der Waals surface area contributed by atoms with Gasteiger partial charge in [-0.3, -0.25) is 4.98 Å². The van der Waals surface area contributed by atoms with E-state index >= 15 is 0 Å². The first kappa shape index (κ1) is 8.75. The van der Waals surface area contributed by atoms with Gasteiger partial charge in [-0.05, 0) is 25.1 Å². The molecule has 0 amide bonds. The van der Waals surface area contributed by atoms with Crippen LogP contribution in [-0.4, -0.2) is 4.98 Å². The first-order chi connectivity index (χ1) is 6.77. The lowest BCUT2D eigenvalue weighted by Gasteiger charge is -2.06. The number of aromatic nitrogens is 1. The molecule has 70 valence electrons. The van der Waals surface area contributed by atoms with Gasteiger partial charge in [0.15, 0.2) is 0 Å². The molecule has 0 aliphatic heterocycles. The third-order valence-corrected chi connectivity index (χ3v) is 1.89. The lowest BCUT2D eigenvalue weighted by molar-refractivity contribution is 0.435. The van der Waals surface area contributed by atoms with Crippen molar-refractivity contribution in [1.82, 2.24) is 4.98 Å². The van der Waals surface area contributed by atoms with Crippen molar-refractivity contribution in [2.24, 2.45) is 0 Å². The Balaban J connectivity index is 2.59. The summed E-state index contributed by atoms with van der Waals surface area (Å²) in [4.78, 5) is 4.24. The summed E-state index contributed by atoms with van der Waals surface area (Å²) in [5.41, 5.74) is 0.936. The van der Waals surface area contributed by atoms with E-state index < -0.39 is 0 Å². The van der Waals surface area contributed by atoms with Gasteiger partial charge >= 0.3 is 0 Å². The fourth-order valence-corrected chi connectivity index (χ4v) is 1.35. The van der Waals surface area contributed by atoms with Crippen molar-refractivity contribution in [2.75, 3.05) is 0 Å². The maximum Gasteiger partial charge on any atom is 0.137 e. The normalized spacial score (nSPS) is 10.1. The number of benzene rings is 1. The van der Waals surface area contributed by atoms with E-state index in [9.17, 15) is 0 Å². The molecule has 2 heteroatoms. The summed E-state index contributed by atoms with van der Waals surface area (Å²) < 4.78 is 5.49. The maximum atomic E-state index is 5.49. The highest BCUT2D eigenvalue weighted by atomic mass is 16.5. The van der Waals surface area contributed by atoms with E-state index in [1.54, 1.807) is 6.20 Å². The molecule has 0 fully saturated rings. The number of hydrogen-bond donors (Lipinski definition) is 0. The van der Waals surface area contributed by atoms with Gasteiger partial charge in [0, 0.05) is 11.6 Å². The molecule has 0 saturated heterocycles. The maximum absolute atomic E-state index is 5.49. The molecule has 1 heterocycles. The van der Waals surface area contributed by atoms with Gasteiger partial charge < -0.3 is 4.74 Å². The highest BCUT2D eigenvalue weighted by Crippen LogP contribution is 2.24. The molecule has 2 rings (SSSR count). The van der Waals surface area contributed by atoms with Gasteiger partial charge in [-0.2, -0.15) is 0 Å². The molecule has 1 aromatic heterocycles. The average molecular weight is 185 g/mol. The number of pyridine rings is 1. The Hall–Kier alpha value is -1.83. The van der Waals surface area contributed by atoms with Gasteiger partial charge in [-0.15, -0.1) is 0 Å². The molecule has 0 N–H and O–H groups in total. The van der Waals surface area contributed by atoms with Crippen molar-refractivity contribution in [2.45, 2.75) is 6.92 Å². The molecule has 0 unspecified atom stereocenters. The topological polar surface area (TPSA) is 22.1 Å². The average Bonchev–Trinajstić information content (AvgIpc) is 2.18. The van der Waals surface area contributed by atoms with Crippen LogP contribution < -0.4 is 4.74 Å². The molecule has 0 atom stereocenters. The zero-order chi connectivity index (χ0) is 9.97. The van der Waals surface area contributed by atoms with Crippen LogP contribution in [0, 0.1) is 0 Å². The molecule has 0 radical (unpaired) electrons. The summed E-state index contributed by atoms with van der Waals surface area (Å²) in [7, 11) is 0. The van der Waals surface area contributed by atoms with Crippen LogP contribution in [0.3, 0.4) is 0 Å². The molecule has 2 nitrogen and oxygen atoms in total. The fourth-order valence-electron chi connectivity index (χ4n) is 1.35. The van der Waals surface area contributed by atoms with Crippen molar-refractivity contribution in [3.05, 3.63) is 48.9 Å². The molecule has 0 aliphatic carbocycles. The Morgan fingerprint density at radius 2 is 2.07 bits per heavy atom. The van der Waals surface area contributed by atoms with E-state index in [1.165, 1.54) is 0 Å². The number of hydrogen-bond acceptors (Lipinski definition) is 2. The summed E-state index contributed by atoms with van der Waals surface area (Å²) in [6, 6.07) is 9.72. The van der Waals surface area contributed by atoms with Crippen LogP contribution in [-0.2, 0) is 0 Å². The number of allylic oxidation sites excluding steroid dienone is 1. The van der Waals surface area contributed by atoms with Crippen molar-refractivity contribution in [3.63, 3.8) is 0 Å². The van der Waals surface area contributed by atoms with Crippen LogP contribution >= 0.6 is 0 Å². The van der Waals surface area contributed by atoms with E-state index in [0.29, 0.717) is 5.76 Å². The summed E-state index contributed by atoms with van der Waals surface area (Å²) in [5.74, 6) is 1.49. The Kier molecular flexibility index (Phi) is 2.19. The van der Waals surface area contributed by atoms with E-state index in [1.807, 2.05) is 37.3 Å². The Morgan fingerprint density at radius 3 is 2.86 bits per heavy atom. The molecule has 0 saturated carbocycles. The Morgan fingerprint density at radius 1 is 1.29 bits per heavy atom. The minimum atomic E-state index is 0.682. The van der Waals surface area contributed by atoms with Gasteiger partial charge in [-0.25, -0.2) is 0 Å². The van der Waals surface area contributed by atoms with Crippen molar-refractivity contribution in [3.8, 4) is 5.75 Å². The molecular formula is C12H11NO. The van der Waals surface area contributed by atoms with Gasteiger partial charge in [0.25, 0.3) is 0 Å². The molecule has 14 heavy (non-hydrogen) atoms. The Bertz CT molecular complexity index is 471.